The number of nitrogens with one attached hydrogen (secondary N) is 1. The van der Waals surface area contributed by atoms with Crippen molar-refractivity contribution in [1.29, 1.82) is 0 Å². The maximum absolute atomic E-state index is 12.1. The minimum Gasteiger partial charge on any atom is -0.445 e. The molecule has 7 heteroatoms. The maximum Gasteiger partial charge on any atom is 0.410 e. The number of hydrogen-bond acceptors (Lipinski definition) is 5. The van der Waals surface area contributed by atoms with E-state index in [1.165, 1.54) is 29.8 Å². The number of benzene rings is 4. The number of carbonyl (C=O) groups is 1. The molecule has 1 amide bonds. The van der Waals surface area contributed by atoms with E-state index in [0.717, 1.165) is 57.9 Å². The Morgan fingerprint density at radius 3 is 1.41 bits per heavy atom. The molecule has 0 spiro atoms. The fourth-order valence-electron chi connectivity index (χ4n) is 5.02. The van der Waals surface area contributed by atoms with Crippen LogP contribution in [-0.2, 0) is 30.3 Å². The lowest BCUT2D eigenvalue weighted by Crippen LogP contribution is -2.48. The molecule has 1 N–H and O–H groups in total. The summed E-state index contributed by atoms with van der Waals surface area (Å²) in [6, 6.07) is 40.9. The van der Waals surface area contributed by atoms with Crippen molar-refractivity contribution in [2.45, 2.75) is 25.6 Å². The van der Waals surface area contributed by atoms with Crippen LogP contribution in [0.4, 0.5) is 4.79 Å². The van der Waals surface area contributed by atoms with Crippen molar-refractivity contribution >= 4 is 17.7 Å². The minimum absolute atomic E-state index is 0.215. The van der Waals surface area contributed by atoms with Gasteiger partial charge in [0.05, 0.1) is 0 Å². The van der Waals surface area contributed by atoms with Gasteiger partial charge in [0.25, 0.3) is 0 Å². The smallest absolute Gasteiger partial charge is 0.410 e. The SMILES string of the molecule is ClCc1ccccc1.O=C(OCc1ccccc1)N1CCN(Cc2ccccc2)CC1.c1ccc(CN2CCNCC2)cc1. The summed E-state index contributed by atoms with van der Waals surface area (Å²) in [5.41, 5.74) is 4.93. The summed E-state index contributed by atoms with van der Waals surface area (Å²) in [6.45, 7) is 10.2. The number of rotatable bonds is 7. The first-order chi connectivity index (χ1) is 21.7. The molecule has 4 aromatic carbocycles. The third-order valence-corrected chi connectivity index (χ3v) is 7.85. The van der Waals surface area contributed by atoms with Crippen LogP contribution in [0, 0.1) is 0 Å². The van der Waals surface area contributed by atoms with Gasteiger partial charge < -0.3 is 15.0 Å². The van der Waals surface area contributed by atoms with Gasteiger partial charge in [-0.15, -0.1) is 11.6 Å². The topological polar surface area (TPSA) is 48.1 Å². The summed E-state index contributed by atoms with van der Waals surface area (Å²) in [5, 5.41) is 3.36. The molecule has 0 radical (unpaired) electrons. The number of ether oxygens (including phenoxy) is 1. The Hall–Kier alpha value is -3.68. The molecule has 2 aliphatic rings. The lowest BCUT2D eigenvalue weighted by molar-refractivity contribution is 0.0700. The van der Waals surface area contributed by atoms with Gasteiger partial charge in [-0.05, 0) is 22.3 Å². The fraction of sp³-hybridized carbons (Fsp3) is 0.324. The quantitative estimate of drug-likeness (QED) is 0.237. The van der Waals surface area contributed by atoms with E-state index in [-0.39, 0.29) is 6.09 Å². The van der Waals surface area contributed by atoms with Crippen LogP contribution in [0.3, 0.4) is 0 Å². The van der Waals surface area contributed by atoms with E-state index in [1.54, 1.807) is 4.90 Å². The molecule has 0 aliphatic carbocycles. The van der Waals surface area contributed by atoms with E-state index in [1.807, 2.05) is 66.7 Å². The molecule has 2 heterocycles. The van der Waals surface area contributed by atoms with Crippen LogP contribution in [0.2, 0.25) is 0 Å². The summed E-state index contributed by atoms with van der Waals surface area (Å²) in [7, 11) is 0. The lowest BCUT2D eigenvalue weighted by atomic mass is 10.2. The molecule has 0 bridgehead atoms. The van der Waals surface area contributed by atoms with Crippen molar-refractivity contribution in [3.8, 4) is 0 Å². The van der Waals surface area contributed by atoms with E-state index in [0.29, 0.717) is 12.5 Å². The predicted molar refractivity (Wildman–Crippen MR) is 181 cm³/mol. The summed E-state index contributed by atoms with van der Waals surface area (Å²) in [6.07, 6.45) is -0.215. The summed E-state index contributed by atoms with van der Waals surface area (Å²) >= 11 is 5.53. The Kier molecular flexibility index (Phi) is 14.8. The van der Waals surface area contributed by atoms with E-state index >= 15 is 0 Å². The van der Waals surface area contributed by atoms with E-state index < -0.39 is 0 Å². The van der Waals surface area contributed by atoms with Crippen LogP contribution in [0.15, 0.2) is 121 Å². The second kappa shape index (κ2) is 19.6. The number of piperazine rings is 2. The summed E-state index contributed by atoms with van der Waals surface area (Å²) in [4.78, 5) is 18.8. The lowest BCUT2D eigenvalue weighted by Gasteiger charge is -2.34. The molecule has 2 fully saturated rings. The molecule has 44 heavy (non-hydrogen) atoms. The molecule has 4 aromatic rings. The van der Waals surface area contributed by atoms with Gasteiger partial charge in [-0.2, -0.15) is 0 Å². The number of carbonyl (C=O) groups excluding carboxylic acids is 1. The summed E-state index contributed by atoms with van der Waals surface area (Å²) in [5.74, 6) is 0.612. The molecule has 232 valence electrons. The number of halogens is 1. The zero-order chi connectivity index (χ0) is 30.7. The van der Waals surface area contributed by atoms with E-state index in [9.17, 15) is 4.79 Å². The second-order valence-corrected chi connectivity index (χ2v) is 11.2. The molecule has 6 nitrogen and oxygen atoms in total. The van der Waals surface area contributed by atoms with Gasteiger partial charge in [-0.3, -0.25) is 9.80 Å². The Labute approximate surface area is 268 Å². The minimum atomic E-state index is -0.215. The van der Waals surface area contributed by atoms with Crippen molar-refractivity contribution in [2.75, 3.05) is 52.4 Å². The van der Waals surface area contributed by atoms with Crippen molar-refractivity contribution in [3.05, 3.63) is 144 Å². The molecular formula is C37H45ClN4O2. The highest BCUT2D eigenvalue weighted by Gasteiger charge is 2.22. The Bertz CT molecular complexity index is 1300. The highest BCUT2D eigenvalue weighted by atomic mass is 35.5. The van der Waals surface area contributed by atoms with Crippen molar-refractivity contribution in [1.82, 2.24) is 20.0 Å². The van der Waals surface area contributed by atoms with Gasteiger partial charge in [-0.25, -0.2) is 4.79 Å². The van der Waals surface area contributed by atoms with E-state index in [4.69, 9.17) is 16.3 Å². The molecular weight excluding hydrogens is 568 g/mol. The van der Waals surface area contributed by atoms with Gasteiger partial charge in [0.15, 0.2) is 0 Å². The van der Waals surface area contributed by atoms with Gasteiger partial charge in [-0.1, -0.05) is 121 Å². The van der Waals surface area contributed by atoms with E-state index in [2.05, 4.69) is 69.7 Å². The number of amides is 1. The first-order valence-corrected chi connectivity index (χ1v) is 16.0. The van der Waals surface area contributed by atoms with Crippen LogP contribution in [0.25, 0.3) is 0 Å². The van der Waals surface area contributed by atoms with Crippen molar-refractivity contribution in [2.24, 2.45) is 0 Å². The number of alkyl halides is 1. The zero-order valence-electron chi connectivity index (χ0n) is 25.6. The standard InChI is InChI=1S/C19H22N2O2.C11H16N2.C7H7Cl/c22-19(23-16-18-9-5-2-6-10-18)21-13-11-20(12-14-21)15-17-7-3-1-4-8-17;1-2-4-11(5-3-1)10-13-8-6-12-7-9-13;8-6-7-4-2-1-3-5-7/h1-10H,11-16H2;1-5,12H,6-10H2;1-5H,6H2. The largest absolute Gasteiger partial charge is 0.445 e. The van der Waals surface area contributed by atoms with Gasteiger partial charge >= 0.3 is 6.09 Å². The first kappa shape index (κ1) is 33.2. The number of nitrogens with zero attached hydrogens (tertiary/aromatic N) is 3. The normalized spacial score (nSPS) is 15.2. The Morgan fingerprint density at radius 2 is 0.977 bits per heavy atom. The second-order valence-electron chi connectivity index (χ2n) is 10.9. The third-order valence-electron chi connectivity index (χ3n) is 7.54. The first-order valence-electron chi connectivity index (χ1n) is 15.5. The fourth-order valence-corrected chi connectivity index (χ4v) is 5.20. The highest BCUT2D eigenvalue weighted by Crippen LogP contribution is 2.10. The average Bonchev–Trinajstić information content (AvgIpc) is 3.10. The average molecular weight is 613 g/mol. The van der Waals surface area contributed by atoms with Crippen LogP contribution in [0.5, 0.6) is 0 Å². The third kappa shape index (κ3) is 12.5. The van der Waals surface area contributed by atoms with Crippen molar-refractivity contribution in [3.63, 3.8) is 0 Å². The number of hydrogen-bond donors (Lipinski definition) is 1. The molecule has 2 aliphatic heterocycles. The Morgan fingerprint density at radius 1 is 0.568 bits per heavy atom. The van der Waals surface area contributed by atoms with Crippen LogP contribution < -0.4 is 5.32 Å². The monoisotopic (exact) mass is 612 g/mol. The van der Waals surface area contributed by atoms with Gasteiger partial charge in [0.2, 0.25) is 0 Å². The zero-order valence-corrected chi connectivity index (χ0v) is 26.3. The molecule has 0 aromatic heterocycles. The summed E-state index contributed by atoms with van der Waals surface area (Å²) < 4.78 is 5.39. The molecule has 0 saturated carbocycles. The molecule has 2 saturated heterocycles. The molecule has 0 atom stereocenters. The van der Waals surface area contributed by atoms with Crippen LogP contribution >= 0.6 is 11.6 Å². The predicted octanol–water partition coefficient (Wildman–Crippen LogP) is 6.66. The maximum atomic E-state index is 12.1. The van der Waals surface area contributed by atoms with Crippen molar-refractivity contribution < 1.29 is 9.53 Å². The molecule has 6 rings (SSSR count). The molecule has 0 unspecified atom stereocenters. The van der Waals surface area contributed by atoms with Crippen LogP contribution in [0.1, 0.15) is 22.3 Å². The Balaban J connectivity index is 0.000000175. The van der Waals surface area contributed by atoms with Gasteiger partial charge in [0, 0.05) is 71.3 Å². The highest BCUT2D eigenvalue weighted by molar-refractivity contribution is 6.17. The van der Waals surface area contributed by atoms with Gasteiger partial charge in [0.1, 0.15) is 6.61 Å². The van der Waals surface area contributed by atoms with Crippen LogP contribution in [-0.4, -0.2) is 73.2 Å².